The van der Waals surface area contributed by atoms with Gasteiger partial charge in [-0.15, -0.1) is 0 Å². The van der Waals surface area contributed by atoms with Crippen LogP contribution in [0.25, 0.3) is 28.1 Å². The molecule has 2 aliphatic rings. The number of methoxy groups -OCH3 is 1. The highest BCUT2D eigenvalue weighted by atomic mass is 19.1. The average molecular weight is 470 g/mol. The highest BCUT2D eigenvalue weighted by Gasteiger charge is 2.31. The Bertz CT molecular complexity index is 1560. The molecule has 0 radical (unpaired) electrons. The van der Waals surface area contributed by atoms with Crippen LogP contribution < -0.4 is 9.64 Å². The number of benzene rings is 1. The third-order valence-corrected chi connectivity index (χ3v) is 6.83. The van der Waals surface area contributed by atoms with E-state index in [1.54, 1.807) is 35.0 Å². The number of hydrogen-bond donors (Lipinski definition) is 1. The molecule has 9 heteroatoms. The predicted octanol–water partition coefficient (Wildman–Crippen LogP) is 4.94. The second-order valence-corrected chi connectivity index (χ2v) is 9.18. The lowest BCUT2D eigenvalue weighted by molar-refractivity contribution is 0.414. The van der Waals surface area contributed by atoms with E-state index in [4.69, 9.17) is 14.7 Å². The van der Waals surface area contributed by atoms with Crippen LogP contribution in [0.5, 0.6) is 5.75 Å². The minimum Gasteiger partial charge on any atom is -0.495 e. The number of ether oxygens (including phenoxy) is 1. The smallest absolute Gasteiger partial charge is 0.168 e. The summed E-state index contributed by atoms with van der Waals surface area (Å²) >= 11 is 0. The molecule has 0 spiro atoms. The summed E-state index contributed by atoms with van der Waals surface area (Å²) in [5.41, 5.74) is 4.44. The molecule has 35 heavy (non-hydrogen) atoms. The Morgan fingerprint density at radius 2 is 2.17 bits per heavy atom. The third kappa shape index (κ3) is 3.62. The van der Waals surface area contributed by atoms with Crippen molar-refractivity contribution >= 4 is 22.5 Å². The first-order chi connectivity index (χ1) is 17.0. The summed E-state index contributed by atoms with van der Waals surface area (Å²) in [6.45, 7) is 2.92. The quantitative estimate of drug-likeness (QED) is 0.455. The number of aromatic nitrogens is 5. The fraction of sp³-hybridized carbons (Fsp3) is 0.308. The number of aromatic amines is 1. The third-order valence-electron chi connectivity index (χ3n) is 6.83. The van der Waals surface area contributed by atoms with Gasteiger partial charge in [0.05, 0.1) is 41.5 Å². The maximum Gasteiger partial charge on any atom is 0.168 e. The normalized spacial score (nSPS) is 20.2. The lowest BCUT2D eigenvalue weighted by Crippen LogP contribution is -2.32. The highest BCUT2D eigenvalue weighted by Crippen LogP contribution is 2.35. The Balaban J connectivity index is 1.39. The molecular formula is C26H24FN7O. The average Bonchev–Trinajstić information content (AvgIpc) is 3.59. The van der Waals surface area contributed by atoms with Crippen LogP contribution in [0.3, 0.4) is 0 Å². The number of allylic oxidation sites excluding steroid dienone is 3. The lowest BCUT2D eigenvalue weighted by atomic mass is 9.89. The molecule has 4 heterocycles. The van der Waals surface area contributed by atoms with Crippen molar-refractivity contribution in [1.82, 2.24) is 24.6 Å². The summed E-state index contributed by atoms with van der Waals surface area (Å²) in [6, 6.07) is 7.73. The van der Waals surface area contributed by atoms with E-state index in [-0.39, 0.29) is 17.8 Å². The van der Waals surface area contributed by atoms with Gasteiger partial charge in [-0.1, -0.05) is 6.92 Å². The van der Waals surface area contributed by atoms with Crippen LogP contribution in [0.1, 0.15) is 31.7 Å². The minimum atomic E-state index is -0.145. The molecule has 0 saturated carbocycles. The molecule has 1 N–H and O–H groups in total. The van der Waals surface area contributed by atoms with E-state index in [2.05, 4.69) is 28.0 Å². The molecule has 8 nitrogen and oxygen atoms in total. The lowest BCUT2D eigenvalue weighted by Gasteiger charge is -2.30. The summed E-state index contributed by atoms with van der Waals surface area (Å²) in [4.78, 5) is 15.2. The van der Waals surface area contributed by atoms with Crippen molar-refractivity contribution in [2.24, 2.45) is 5.92 Å². The van der Waals surface area contributed by atoms with E-state index < -0.39 is 0 Å². The maximum atomic E-state index is 14.2. The van der Waals surface area contributed by atoms with Crippen LogP contribution in [0.2, 0.25) is 0 Å². The zero-order valence-corrected chi connectivity index (χ0v) is 19.5. The van der Waals surface area contributed by atoms with Gasteiger partial charge < -0.3 is 14.6 Å². The van der Waals surface area contributed by atoms with Crippen LogP contribution in [-0.2, 0) is 0 Å². The van der Waals surface area contributed by atoms with Crippen molar-refractivity contribution in [3.63, 3.8) is 0 Å². The number of fused-ring (bicyclic) bond motifs is 2. The number of halogens is 1. The van der Waals surface area contributed by atoms with Crippen molar-refractivity contribution in [2.45, 2.75) is 32.2 Å². The molecule has 1 aromatic carbocycles. The predicted molar refractivity (Wildman–Crippen MR) is 131 cm³/mol. The second-order valence-electron chi connectivity index (χ2n) is 9.18. The van der Waals surface area contributed by atoms with Crippen molar-refractivity contribution in [3.05, 3.63) is 59.7 Å². The Morgan fingerprint density at radius 3 is 2.97 bits per heavy atom. The minimum absolute atomic E-state index is 0.140. The van der Waals surface area contributed by atoms with Crippen LogP contribution >= 0.6 is 0 Å². The first-order valence-corrected chi connectivity index (χ1v) is 11.7. The second kappa shape index (κ2) is 8.24. The summed E-state index contributed by atoms with van der Waals surface area (Å²) < 4.78 is 21.2. The number of anilines is 1. The van der Waals surface area contributed by atoms with E-state index in [0.29, 0.717) is 28.3 Å². The van der Waals surface area contributed by atoms with Gasteiger partial charge in [0, 0.05) is 18.8 Å². The van der Waals surface area contributed by atoms with Gasteiger partial charge in [-0.05, 0) is 55.0 Å². The number of imidazole rings is 1. The number of nitrogens with zero attached hydrogens (tertiary/aromatic N) is 6. The van der Waals surface area contributed by atoms with Gasteiger partial charge in [0.15, 0.2) is 5.65 Å². The van der Waals surface area contributed by atoms with Gasteiger partial charge in [-0.3, -0.25) is 0 Å². The number of rotatable bonds is 4. The van der Waals surface area contributed by atoms with E-state index in [9.17, 15) is 9.65 Å². The molecule has 1 fully saturated rings. The molecule has 0 amide bonds. The first kappa shape index (κ1) is 21.4. The Kier molecular flexibility index (Phi) is 5.02. The topological polar surface area (TPSA) is 95.1 Å². The first-order valence-electron chi connectivity index (χ1n) is 11.7. The summed E-state index contributed by atoms with van der Waals surface area (Å²) in [7, 11) is 1.53. The van der Waals surface area contributed by atoms with Crippen LogP contribution in [0.15, 0.2) is 54.1 Å². The number of nitriles is 1. The molecule has 3 aromatic heterocycles. The van der Waals surface area contributed by atoms with Gasteiger partial charge in [0.2, 0.25) is 0 Å². The van der Waals surface area contributed by atoms with Gasteiger partial charge in [0.1, 0.15) is 29.3 Å². The highest BCUT2D eigenvalue weighted by molar-refractivity contribution is 5.85. The molecule has 1 saturated heterocycles. The zero-order valence-electron chi connectivity index (χ0n) is 19.5. The summed E-state index contributed by atoms with van der Waals surface area (Å²) in [6.07, 6.45) is 9.90. The molecule has 1 unspecified atom stereocenters. The zero-order chi connectivity index (χ0) is 24.1. The molecule has 1 aliphatic carbocycles. The summed E-state index contributed by atoms with van der Waals surface area (Å²) in [5.74, 6) is 1.99. The van der Waals surface area contributed by atoms with Crippen molar-refractivity contribution in [1.29, 1.82) is 5.26 Å². The van der Waals surface area contributed by atoms with Crippen LogP contribution in [-0.4, -0.2) is 44.3 Å². The molecule has 176 valence electrons. The van der Waals surface area contributed by atoms with E-state index in [1.807, 2.05) is 12.3 Å². The maximum absolute atomic E-state index is 14.2. The van der Waals surface area contributed by atoms with Gasteiger partial charge in [0.25, 0.3) is 0 Å². The standard InChI is InChI=1S/C26H24FN7O/c1-15-8-16(10-18(27)9-15)22-4-3-6-33(22)24-5-7-34-26(32-24)19(14-29-34)25-30-20-11-17(13-28)23(35-2)12-21(20)31-25/h5,7,9-12,14-15,22H,3-4,6,8H2,1-2H3,(H,30,31)/t15?,22-/m1/s1. The molecule has 0 bridgehead atoms. The molecule has 4 aromatic rings. The van der Waals surface area contributed by atoms with Crippen molar-refractivity contribution in [3.8, 4) is 23.2 Å². The Hall–Kier alpha value is -4.19. The Labute approximate surface area is 201 Å². The van der Waals surface area contributed by atoms with E-state index >= 15 is 0 Å². The summed E-state index contributed by atoms with van der Waals surface area (Å²) in [5, 5.41) is 13.9. The van der Waals surface area contributed by atoms with Gasteiger partial charge in [-0.2, -0.15) is 10.4 Å². The van der Waals surface area contributed by atoms with Crippen LogP contribution in [0, 0.1) is 17.2 Å². The molecule has 1 aliphatic heterocycles. The number of hydrogen-bond acceptors (Lipinski definition) is 6. The fourth-order valence-corrected chi connectivity index (χ4v) is 5.25. The van der Waals surface area contributed by atoms with Gasteiger partial charge >= 0.3 is 0 Å². The SMILES string of the molecule is COc1cc2nc(-c3cnn4ccc(N5CCC[C@@H]5C5=CC(F)=CC(C)C5)nc34)[nH]c2cc1C#N. The number of H-pyrrole nitrogens is 1. The van der Waals surface area contributed by atoms with Crippen LogP contribution in [0.4, 0.5) is 10.2 Å². The number of nitrogens with one attached hydrogen (secondary N) is 1. The molecular weight excluding hydrogens is 445 g/mol. The fourth-order valence-electron chi connectivity index (χ4n) is 5.25. The monoisotopic (exact) mass is 469 g/mol. The molecule has 6 rings (SSSR count). The largest absolute Gasteiger partial charge is 0.495 e. The van der Waals surface area contributed by atoms with Gasteiger partial charge in [-0.25, -0.2) is 18.9 Å². The van der Waals surface area contributed by atoms with E-state index in [1.165, 1.54) is 7.11 Å². The van der Waals surface area contributed by atoms with Crippen molar-refractivity contribution in [2.75, 3.05) is 18.6 Å². The molecule has 2 atom stereocenters. The van der Waals surface area contributed by atoms with Crippen molar-refractivity contribution < 1.29 is 9.13 Å². The van der Waals surface area contributed by atoms with E-state index in [0.717, 1.165) is 48.3 Å². The Morgan fingerprint density at radius 1 is 1.29 bits per heavy atom.